The molecule has 2 aliphatic rings. The standard InChI is InChI=1S/C31H30FNO3/c1-20-16-24(22-8-10-25(32)11-9-22)17-21(2)28(20)29-26(34)18-31(19-27(29)35)12-14-33(15-13-31)30(36)23-6-4-3-5-7-23/h3-11,16-17,29H,12-15,18-19H2,1-2H3. The maximum atomic E-state index is 13.5. The highest BCUT2D eigenvalue weighted by molar-refractivity contribution is 6.10. The Morgan fingerprint density at radius 1 is 0.833 bits per heavy atom. The van der Waals surface area contributed by atoms with Crippen LogP contribution in [-0.2, 0) is 9.59 Å². The lowest BCUT2D eigenvalue weighted by Crippen LogP contribution is -2.48. The first kappa shape index (κ1) is 24.1. The van der Waals surface area contributed by atoms with Crippen LogP contribution in [0.25, 0.3) is 11.1 Å². The van der Waals surface area contributed by atoms with Gasteiger partial charge in [0, 0.05) is 31.5 Å². The number of hydrogen-bond donors (Lipinski definition) is 0. The fourth-order valence-electron chi connectivity index (χ4n) is 6.05. The third kappa shape index (κ3) is 4.50. The fraction of sp³-hybridized carbons (Fsp3) is 0.323. The van der Waals surface area contributed by atoms with Gasteiger partial charge in [0.2, 0.25) is 0 Å². The molecule has 1 heterocycles. The first-order valence-corrected chi connectivity index (χ1v) is 12.5. The molecule has 0 atom stereocenters. The summed E-state index contributed by atoms with van der Waals surface area (Å²) in [4.78, 5) is 41.6. The average molecular weight is 484 g/mol. The largest absolute Gasteiger partial charge is 0.339 e. The summed E-state index contributed by atoms with van der Waals surface area (Å²) in [5, 5.41) is 0. The third-order valence-corrected chi connectivity index (χ3v) is 7.93. The molecule has 184 valence electrons. The number of nitrogens with zero attached hydrogens (tertiary/aromatic N) is 1. The molecule has 36 heavy (non-hydrogen) atoms. The van der Waals surface area contributed by atoms with Crippen molar-refractivity contribution >= 4 is 17.5 Å². The molecule has 2 fully saturated rings. The van der Waals surface area contributed by atoms with E-state index in [1.807, 2.05) is 61.2 Å². The first-order valence-electron chi connectivity index (χ1n) is 12.5. The molecular formula is C31H30FNO3. The molecule has 0 aromatic heterocycles. The minimum Gasteiger partial charge on any atom is -0.339 e. The van der Waals surface area contributed by atoms with E-state index in [2.05, 4.69) is 0 Å². The number of halogens is 1. The number of piperidine rings is 1. The molecule has 1 saturated carbocycles. The first-order chi connectivity index (χ1) is 17.3. The number of aryl methyl sites for hydroxylation is 2. The lowest BCUT2D eigenvalue weighted by atomic mass is 9.62. The minimum atomic E-state index is -0.734. The second-order valence-electron chi connectivity index (χ2n) is 10.4. The lowest BCUT2D eigenvalue weighted by Gasteiger charge is -2.44. The van der Waals surface area contributed by atoms with Gasteiger partial charge in [-0.05, 0) is 84.2 Å². The molecule has 1 saturated heterocycles. The zero-order chi connectivity index (χ0) is 25.4. The molecule has 4 nitrogen and oxygen atoms in total. The second kappa shape index (κ2) is 9.45. The van der Waals surface area contributed by atoms with Crippen LogP contribution in [0.2, 0.25) is 0 Å². The number of Topliss-reactive ketones (excluding diaryl/α,β-unsaturated/α-hetero) is 2. The summed E-state index contributed by atoms with van der Waals surface area (Å²) < 4.78 is 13.3. The van der Waals surface area contributed by atoms with Gasteiger partial charge in [-0.3, -0.25) is 14.4 Å². The van der Waals surface area contributed by atoms with Gasteiger partial charge in [0.15, 0.2) is 0 Å². The molecule has 1 aliphatic carbocycles. The van der Waals surface area contributed by atoms with Gasteiger partial charge >= 0.3 is 0 Å². The Hall–Kier alpha value is -3.60. The van der Waals surface area contributed by atoms with E-state index in [1.165, 1.54) is 12.1 Å². The molecule has 1 aliphatic heterocycles. The van der Waals surface area contributed by atoms with Crippen LogP contribution in [0.15, 0.2) is 66.7 Å². The molecule has 3 aromatic rings. The van der Waals surface area contributed by atoms with E-state index in [0.717, 1.165) is 27.8 Å². The van der Waals surface area contributed by atoms with E-state index >= 15 is 0 Å². The van der Waals surface area contributed by atoms with Crippen LogP contribution in [0.5, 0.6) is 0 Å². The van der Waals surface area contributed by atoms with E-state index in [-0.39, 0.29) is 28.7 Å². The number of carbonyl (C=O) groups is 3. The van der Waals surface area contributed by atoms with Crippen molar-refractivity contribution in [3.05, 3.63) is 94.8 Å². The Bertz CT molecular complexity index is 1280. The Labute approximate surface area is 211 Å². The highest BCUT2D eigenvalue weighted by atomic mass is 19.1. The molecule has 0 N–H and O–H groups in total. The van der Waals surface area contributed by atoms with Gasteiger partial charge in [-0.2, -0.15) is 0 Å². The summed E-state index contributed by atoms with van der Waals surface area (Å²) in [6, 6.07) is 19.5. The molecule has 0 radical (unpaired) electrons. The number of rotatable bonds is 3. The number of hydrogen-bond acceptors (Lipinski definition) is 3. The highest BCUT2D eigenvalue weighted by Crippen LogP contribution is 2.47. The molecule has 3 aromatic carbocycles. The number of ketones is 2. The fourth-order valence-corrected chi connectivity index (χ4v) is 6.05. The SMILES string of the molecule is Cc1cc(-c2ccc(F)cc2)cc(C)c1C1C(=O)CC2(CCN(C(=O)c3ccccc3)CC2)CC1=O. The van der Waals surface area contributed by atoms with E-state index < -0.39 is 5.92 Å². The predicted octanol–water partition coefficient (Wildman–Crippen LogP) is 6.05. The molecule has 5 rings (SSSR count). The lowest BCUT2D eigenvalue weighted by molar-refractivity contribution is -0.138. The Morgan fingerprint density at radius 3 is 1.94 bits per heavy atom. The van der Waals surface area contributed by atoms with Crippen LogP contribution in [0.1, 0.15) is 58.6 Å². The van der Waals surface area contributed by atoms with E-state index in [9.17, 15) is 18.8 Å². The van der Waals surface area contributed by atoms with Crippen molar-refractivity contribution in [2.24, 2.45) is 5.41 Å². The third-order valence-electron chi connectivity index (χ3n) is 7.93. The predicted molar refractivity (Wildman–Crippen MR) is 137 cm³/mol. The molecule has 1 spiro atoms. The normalized spacial score (nSPS) is 18.0. The maximum absolute atomic E-state index is 13.5. The van der Waals surface area contributed by atoms with Crippen LogP contribution in [-0.4, -0.2) is 35.5 Å². The van der Waals surface area contributed by atoms with Crippen LogP contribution in [0, 0.1) is 25.1 Å². The summed E-state index contributed by atoms with van der Waals surface area (Å²) in [6.07, 6.45) is 2.07. The Morgan fingerprint density at radius 2 is 1.39 bits per heavy atom. The maximum Gasteiger partial charge on any atom is 0.253 e. The van der Waals surface area contributed by atoms with Crippen molar-refractivity contribution in [3.63, 3.8) is 0 Å². The van der Waals surface area contributed by atoms with Crippen molar-refractivity contribution in [2.75, 3.05) is 13.1 Å². The van der Waals surface area contributed by atoms with Crippen LogP contribution < -0.4 is 0 Å². The van der Waals surface area contributed by atoms with Gasteiger partial charge in [0.25, 0.3) is 5.91 Å². The Balaban J connectivity index is 1.32. The zero-order valence-corrected chi connectivity index (χ0v) is 20.7. The smallest absolute Gasteiger partial charge is 0.253 e. The summed E-state index contributed by atoms with van der Waals surface area (Å²) in [5.41, 5.74) is 4.76. The van der Waals surface area contributed by atoms with E-state index in [1.54, 1.807) is 12.1 Å². The van der Waals surface area contributed by atoms with Crippen molar-refractivity contribution in [1.82, 2.24) is 4.90 Å². The van der Waals surface area contributed by atoms with Gasteiger partial charge in [0.1, 0.15) is 23.3 Å². The quantitative estimate of drug-likeness (QED) is 0.426. The van der Waals surface area contributed by atoms with Gasteiger partial charge in [-0.1, -0.05) is 42.5 Å². The van der Waals surface area contributed by atoms with Crippen molar-refractivity contribution in [2.45, 2.75) is 45.4 Å². The van der Waals surface area contributed by atoms with E-state index in [0.29, 0.717) is 44.3 Å². The van der Waals surface area contributed by atoms with Crippen LogP contribution >= 0.6 is 0 Å². The molecular weight excluding hydrogens is 453 g/mol. The summed E-state index contributed by atoms with van der Waals surface area (Å²) in [7, 11) is 0. The van der Waals surface area contributed by atoms with Gasteiger partial charge in [-0.15, -0.1) is 0 Å². The van der Waals surface area contributed by atoms with Gasteiger partial charge in [0.05, 0.1) is 0 Å². The molecule has 0 bridgehead atoms. The van der Waals surface area contributed by atoms with Gasteiger partial charge in [-0.25, -0.2) is 4.39 Å². The topological polar surface area (TPSA) is 54.5 Å². The van der Waals surface area contributed by atoms with Crippen molar-refractivity contribution in [3.8, 4) is 11.1 Å². The van der Waals surface area contributed by atoms with E-state index in [4.69, 9.17) is 0 Å². The van der Waals surface area contributed by atoms with Crippen molar-refractivity contribution in [1.29, 1.82) is 0 Å². The zero-order valence-electron chi connectivity index (χ0n) is 20.7. The van der Waals surface area contributed by atoms with Crippen LogP contribution in [0.3, 0.4) is 0 Å². The summed E-state index contributed by atoms with van der Waals surface area (Å²) >= 11 is 0. The number of amides is 1. The monoisotopic (exact) mass is 483 g/mol. The molecule has 0 unspecified atom stereocenters. The second-order valence-corrected chi connectivity index (χ2v) is 10.4. The van der Waals surface area contributed by atoms with Crippen LogP contribution in [0.4, 0.5) is 4.39 Å². The summed E-state index contributed by atoms with van der Waals surface area (Å²) in [5.74, 6) is -1.05. The molecule has 1 amide bonds. The number of carbonyl (C=O) groups excluding carboxylic acids is 3. The Kier molecular flexibility index (Phi) is 6.33. The minimum absolute atomic E-state index is 0.00397. The van der Waals surface area contributed by atoms with Crippen molar-refractivity contribution < 1.29 is 18.8 Å². The average Bonchev–Trinajstić information content (AvgIpc) is 2.86. The number of benzene rings is 3. The van der Waals surface area contributed by atoms with Gasteiger partial charge < -0.3 is 4.90 Å². The number of likely N-dealkylation sites (tertiary alicyclic amines) is 1. The molecule has 5 heteroatoms. The highest BCUT2D eigenvalue weighted by Gasteiger charge is 2.47. The summed E-state index contributed by atoms with van der Waals surface area (Å²) in [6.45, 7) is 4.99.